The van der Waals surface area contributed by atoms with Gasteiger partial charge in [-0.1, -0.05) is 37.1 Å². The molecule has 2 heteroatoms. The molecule has 0 aliphatic heterocycles. The van der Waals surface area contributed by atoms with E-state index in [1.807, 2.05) is 24.3 Å². The van der Waals surface area contributed by atoms with Crippen LogP contribution in [0.5, 0.6) is 11.5 Å². The van der Waals surface area contributed by atoms with Crippen molar-refractivity contribution in [1.29, 1.82) is 0 Å². The Morgan fingerprint density at radius 3 is 2.00 bits per heavy atom. The van der Waals surface area contributed by atoms with Crippen LogP contribution in [0.2, 0.25) is 0 Å². The second-order valence-corrected chi connectivity index (χ2v) is 5.46. The van der Waals surface area contributed by atoms with Gasteiger partial charge in [0.1, 0.15) is 11.5 Å². The zero-order valence-electron chi connectivity index (χ0n) is 11.4. The van der Waals surface area contributed by atoms with Gasteiger partial charge in [0.2, 0.25) is 0 Å². The molecule has 1 atom stereocenters. The quantitative estimate of drug-likeness (QED) is 0.847. The third kappa shape index (κ3) is 2.64. The summed E-state index contributed by atoms with van der Waals surface area (Å²) in [4.78, 5) is 0. The standard InChI is InChI=1S/C18H19O2/c19-15-9-5-13(6-10-15)17-3-1-2-4-18(17)14-7-11-16(20)12-8-14/h5-12,17,19-20H,1-4H2. The molecule has 1 unspecified atom stereocenters. The van der Waals surface area contributed by atoms with Crippen LogP contribution in [-0.4, -0.2) is 10.2 Å². The fraction of sp³-hybridized carbons (Fsp3) is 0.278. The van der Waals surface area contributed by atoms with Gasteiger partial charge in [0, 0.05) is 5.92 Å². The molecule has 2 nitrogen and oxygen atoms in total. The van der Waals surface area contributed by atoms with Gasteiger partial charge in [0.05, 0.1) is 0 Å². The van der Waals surface area contributed by atoms with E-state index in [4.69, 9.17) is 0 Å². The fourth-order valence-corrected chi connectivity index (χ4v) is 3.11. The van der Waals surface area contributed by atoms with E-state index in [9.17, 15) is 10.2 Å². The lowest BCUT2D eigenvalue weighted by Crippen LogP contribution is -2.16. The molecule has 1 saturated carbocycles. The van der Waals surface area contributed by atoms with Crippen molar-refractivity contribution in [3.8, 4) is 11.5 Å². The maximum absolute atomic E-state index is 9.43. The van der Waals surface area contributed by atoms with Crippen molar-refractivity contribution in [1.82, 2.24) is 0 Å². The topological polar surface area (TPSA) is 40.5 Å². The highest BCUT2D eigenvalue weighted by Gasteiger charge is 2.28. The van der Waals surface area contributed by atoms with Gasteiger partial charge in [-0.15, -0.1) is 0 Å². The largest absolute Gasteiger partial charge is 0.508 e. The third-order valence-electron chi connectivity index (χ3n) is 4.14. The summed E-state index contributed by atoms with van der Waals surface area (Å²) in [6.45, 7) is 0. The second kappa shape index (κ2) is 5.58. The Labute approximate surface area is 119 Å². The number of hydrogen-bond acceptors (Lipinski definition) is 2. The van der Waals surface area contributed by atoms with Crippen molar-refractivity contribution in [2.75, 3.05) is 0 Å². The van der Waals surface area contributed by atoms with E-state index >= 15 is 0 Å². The van der Waals surface area contributed by atoms with Gasteiger partial charge in [-0.3, -0.25) is 0 Å². The first-order valence-corrected chi connectivity index (χ1v) is 7.18. The van der Waals surface area contributed by atoms with Gasteiger partial charge in [0.15, 0.2) is 0 Å². The first-order valence-electron chi connectivity index (χ1n) is 7.18. The van der Waals surface area contributed by atoms with Gasteiger partial charge in [-0.25, -0.2) is 0 Å². The molecule has 0 bridgehead atoms. The lowest BCUT2D eigenvalue weighted by molar-refractivity contribution is 0.470. The predicted octanol–water partition coefficient (Wildman–Crippen LogP) is 4.38. The molecule has 2 aromatic carbocycles. The van der Waals surface area contributed by atoms with Crippen LogP contribution in [0.1, 0.15) is 42.7 Å². The van der Waals surface area contributed by atoms with Crippen molar-refractivity contribution in [3.63, 3.8) is 0 Å². The normalized spacial score (nSPS) is 19.9. The Hall–Kier alpha value is -1.96. The summed E-state index contributed by atoms with van der Waals surface area (Å²) >= 11 is 0. The number of benzene rings is 2. The number of aromatic hydroxyl groups is 2. The van der Waals surface area contributed by atoms with Gasteiger partial charge < -0.3 is 10.2 Å². The van der Waals surface area contributed by atoms with E-state index in [1.54, 1.807) is 24.3 Å². The van der Waals surface area contributed by atoms with Crippen molar-refractivity contribution in [2.24, 2.45) is 0 Å². The molecule has 0 heterocycles. The summed E-state index contributed by atoms with van der Waals surface area (Å²) in [5.74, 6) is 2.50. The average molecular weight is 267 g/mol. The molecule has 1 radical (unpaired) electrons. The molecule has 1 fully saturated rings. The van der Waals surface area contributed by atoms with E-state index in [0.717, 1.165) is 12.8 Å². The highest BCUT2D eigenvalue weighted by Crippen LogP contribution is 2.43. The van der Waals surface area contributed by atoms with E-state index in [1.165, 1.54) is 29.9 Å². The summed E-state index contributed by atoms with van der Waals surface area (Å²) in [6.07, 6.45) is 4.73. The summed E-state index contributed by atoms with van der Waals surface area (Å²) in [6, 6.07) is 15.1. The molecule has 2 aromatic rings. The Morgan fingerprint density at radius 1 is 0.750 bits per heavy atom. The Bertz CT molecular complexity index is 503. The van der Waals surface area contributed by atoms with Gasteiger partial charge in [-0.2, -0.15) is 0 Å². The van der Waals surface area contributed by atoms with E-state index in [-0.39, 0.29) is 0 Å². The molecular weight excluding hydrogens is 248 g/mol. The van der Waals surface area contributed by atoms with Crippen molar-refractivity contribution < 1.29 is 10.2 Å². The minimum Gasteiger partial charge on any atom is -0.508 e. The molecule has 0 amide bonds. The lowest BCUT2D eigenvalue weighted by Gasteiger charge is -2.32. The molecule has 1 aliphatic carbocycles. The number of rotatable bonds is 2. The Kier molecular flexibility index (Phi) is 3.64. The van der Waals surface area contributed by atoms with E-state index < -0.39 is 0 Å². The van der Waals surface area contributed by atoms with Crippen molar-refractivity contribution in [3.05, 3.63) is 65.6 Å². The van der Waals surface area contributed by atoms with Crippen LogP contribution in [-0.2, 0) is 0 Å². The van der Waals surface area contributed by atoms with Crippen molar-refractivity contribution in [2.45, 2.75) is 31.6 Å². The Balaban J connectivity index is 1.90. The molecule has 0 saturated heterocycles. The average Bonchev–Trinajstić information content (AvgIpc) is 2.49. The minimum atomic E-state index is 0.311. The molecule has 0 spiro atoms. The second-order valence-electron chi connectivity index (χ2n) is 5.46. The zero-order valence-corrected chi connectivity index (χ0v) is 11.4. The van der Waals surface area contributed by atoms with Crippen LogP contribution in [0, 0.1) is 5.92 Å². The van der Waals surface area contributed by atoms with Crippen LogP contribution in [0.25, 0.3) is 0 Å². The van der Waals surface area contributed by atoms with Gasteiger partial charge in [0.25, 0.3) is 0 Å². The first-order chi connectivity index (χ1) is 9.74. The first kappa shape index (κ1) is 13.0. The monoisotopic (exact) mass is 267 g/mol. The molecule has 0 aromatic heterocycles. The third-order valence-corrected chi connectivity index (χ3v) is 4.14. The maximum atomic E-state index is 9.43. The fourth-order valence-electron chi connectivity index (χ4n) is 3.11. The molecule has 103 valence electrons. The maximum Gasteiger partial charge on any atom is 0.115 e. The number of phenolic OH excluding ortho intramolecular Hbond substituents is 2. The van der Waals surface area contributed by atoms with Crippen LogP contribution in [0.3, 0.4) is 0 Å². The Morgan fingerprint density at radius 2 is 1.35 bits per heavy atom. The van der Waals surface area contributed by atoms with Gasteiger partial charge >= 0.3 is 0 Å². The number of phenols is 2. The molecular formula is C18H19O2. The summed E-state index contributed by atoms with van der Waals surface area (Å²) in [5, 5.41) is 18.9. The predicted molar refractivity (Wildman–Crippen MR) is 79.8 cm³/mol. The highest BCUT2D eigenvalue weighted by atomic mass is 16.3. The SMILES string of the molecule is Oc1ccc([C]2CCCCC2c2ccc(O)cc2)cc1. The van der Waals surface area contributed by atoms with Crippen LogP contribution in [0.4, 0.5) is 0 Å². The van der Waals surface area contributed by atoms with E-state index in [0.29, 0.717) is 17.4 Å². The summed E-state index contributed by atoms with van der Waals surface area (Å²) in [7, 11) is 0. The minimum absolute atomic E-state index is 0.311. The summed E-state index contributed by atoms with van der Waals surface area (Å²) < 4.78 is 0. The molecule has 1 aliphatic rings. The van der Waals surface area contributed by atoms with Gasteiger partial charge in [-0.05, 0) is 54.2 Å². The number of hydrogen-bond donors (Lipinski definition) is 2. The summed E-state index contributed by atoms with van der Waals surface area (Å²) in [5.41, 5.74) is 2.49. The zero-order chi connectivity index (χ0) is 13.9. The lowest BCUT2D eigenvalue weighted by atomic mass is 9.72. The molecule has 3 rings (SSSR count). The van der Waals surface area contributed by atoms with Crippen LogP contribution < -0.4 is 0 Å². The van der Waals surface area contributed by atoms with Crippen LogP contribution >= 0.6 is 0 Å². The smallest absolute Gasteiger partial charge is 0.115 e. The van der Waals surface area contributed by atoms with Crippen molar-refractivity contribution >= 4 is 0 Å². The van der Waals surface area contributed by atoms with E-state index in [2.05, 4.69) is 0 Å². The molecule has 20 heavy (non-hydrogen) atoms. The van der Waals surface area contributed by atoms with Crippen LogP contribution in [0.15, 0.2) is 48.5 Å². The highest BCUT2D eigenvalue weighted by molar-refractivity contribution is 5.42. The molecule has 2 N–H and O–H groups in total.